The van der Waals surface area contributed by atoms with Gasteiger partial charge >= 0.3 is 0 Å². The predicted molar refractivity (Wildman–Crippen MR) is 90.0 cm³/mol. The van der Waals surface area contributed by atoms with E-state index in [-0.39, 0.29) is 4.69 Å². The Hall–Kier alpha value is -0.700. The minimum Gasteiger partial charge on any atom is -0.287 e. The fourth-order valence-electron chi connectivity index (χ4n) is 1.89. The number of carbonyl (C=O) groups is 1. The highest BCUT2D eigenvalue weighted by Crippen LogP contribution is 2.11. The zero-order valence-electron chi connectivity index (χ0n) is 12.7. The van der Waals surface area contributed by atoms with Gasteiger partial charge in [0.15, 0.2) is 4.69 Å². The van der Waals surface area contributed by atoms with Gasteiger partial charge < -0.3 is 0 Å². The van der Waals surface area contributed by atoms with Gasteiger partial charge in [0, 0.05) is 18.8 Å². The van der Waals surface area contributed by atoms with Crippen LogP contribution in [0.5, 0.6) is 0 Å². The Kier molecular flexibility index (Phi) is 15.8. The Morgan fingerprint density at radius 2 is 1.35 bits per heavy atom. The van der Waals surface area contributed by atoms with Crippen LogP contribution in [-0.2, 0) is 4.79 Å². The summed E-state index contributed by atoms with van der Waals surface area (Å²) in [6.45, 7) is 2.25. The number of halogens is 1. The summed E-state index contributed by atoms with van der Waals surface area (Å²) in [5.41, 5.74) is 0. The topological polar surface area (TPSA) is 30.0 Å². The quantitative estimate of drug-likeness (QED) is 0.391. The molecule has 1 aromatic rings. The van der Waals surface area contributed by atoms with Gasteiger partial charge in [0.05, 0.1) is 0 Å². The molecule has 0 aliphatic rings. The molecule has 0 spiro atoms. The Morgan fingerprint density at radius 1 is 0.850 bits per heavy atom. The molecule has 0 aliphatic heterocycles. The highest BCUT2D eigenvalue weighted by Gasteiger charge is 1.95. The number of hydrogen-bond donors (Lipinski definition) is 0. The average molecular weight is 342 g/mol. The van der Waals surface area contributed by atoms with Crippen LogP contribution >= 0.6 is 15.9 Å². The number of carbonyl (C=O) groups excluding carboxylic acids is 1. The molecule has 0 radical (unpaired) electrons. The summed E-state index contributed by atoms with van der Waals surface area (Å²) in [6, 6.07) is 5.72. The molecule has 1 aromatic heterocycles. The number of rotatable bonds is 10. The second-order valence-electron chi connectivity index (χ2n) is 4.96. The minimum absolute atomic E-state index is 0.153. The summed E-state index contributed by atoms with van der Waals surface area (Å²) in [7, 11) is 0. The van der Waals surface area contributed by atoms with Crippen LogP contribution in [0.15, 0.2) is 30.6 Å². The van der Waals surface area contributed by atoms with Gasteiger partial charge in [-0.2, -0.15) is 0 Å². The van der Waals surface area contributed by atoms with Crippen LogP contribution in [0, 0.1) is 0 Å². The third-order valence-electron chi connectivity index (χ3n) is 3.04. The fourth-order valence-corrected chi connectivity index (χ4v) is 2.17. The monoisotopic (exact) mass is 341 g/mol. The summed E-state index contributed by atoms with van der Waals surface area (Å²) in [4.78, 5) is 14.4. The normalized spacial score (nSPS) is 9.70. The fraction of sp³-hybridized carbons (Fsp3) is 0.647. The number of nitrogens with zero attached hydrogens (tertiary/aromatic N) is 1. The highest BCUT2D eigenvalue weighted by molar-refractivity contribution is 9.18. The number of aromatic nitrogens is 1. The summed E-state index contributed by atoms with van der Waals surface area (Å²) >= 11 is 2.95. The van der Waals surface area contributed by atoms with Crippen molar-refractivity contribution in [1.82, 2.24) is 4.98 Å². The molecule has 1 heterocycles. The van der Waals surface area contributed by atoms with Gasteiger partial charge in [0.1, 0.15) is 0 Å². The van der Waals surface area contributed by atoms with E-state index < -0.39 is 0 Å². The number of unbranched alkanes of at least 4 members (excludes halogenated alkanes) is 8. The molecule has 0 saturated carbocycles. The molecular weight excluding hydrogens is 314 g/mol. The molecule has 0 aromatic carbocycles. The zero-order chi connectivity index (χ0) is 14.9. The van der Waals surface area contributed by atoms with Crippen LogP contribution in [-0.4, -0.2) is 9.68 Å². The summed E-state index contributed by atoms with van der Waals surface area (Å²) in [5.74, 6) is 0. The predicted octanol–water partition coefficient (Wildman–Crippen LogP) is 5.91. The van der Waals surface area contributed by atoms with Gasteiger partial charge in [0.25, 0.3) is 0 Å². The van der Waals surface area contributed by atoms with Crippen molar-refractivity contribution in [3.8, 4) is 0 Å². The van der Waals surface area contributed by atoms with Crippen LogP contribution < -0.4 is 0 Å². The second-order valence-corrected chi connectivity index (χ2v) is 5.84. The van der Waals surface area contributed by atoms with Crippen molar-refractivity contribution in [2.45, 2.75) is 71.1 Å². The van der Waals surface area contributed by atoms with E-state index in [1.54, 1.807) is 12.4 Å². The molecule has 3 heteroatoms. The maximum absolute atomic E-state index is 10.6. The molecule has 0 N–H and O–H groups in total. The summed E-state index contributed by atoms with van der Waals surface area (Å²) in [5, 5.41) is 0. The lowest BCUT2D eigenvalue weighted by molar-refractivity contribution is -0.110. The van der Waals surface area contributed by atoms with Crippen molar-refractivity contribution in [2.75, 3.05) is 0 Å². The van der Waals surface area contributed by atoms with Crippen molar-refractivity contribution in [1.29, 1.82) is 0 Å². The van der Waals surface area contributed by atoms with Crippen molar-refractivity contribution in [2.24, 2.45) is 0 Å². The SMILES string of the molecule is CCCCCCCCCCCC(=O)Br.c1ccncc1. The van der Waals surface area contributed by atoms with Gasteiger partial charge in [-0.05, 0) is 34.5 Å². The average Bonchev–Trinajstić information content (AvgIpc) is 2.48. The van der Waals surface area contributed by atoms with Crippen LogP contribution in [0.4, 0.5) is 0 Å². The second kappa shape index (κ2) is 16.4. The van der Waals surface area contributed by atoms with Crippen molar-refractivity contribution in [3.05, 3.63) is 30.6 Å². The van der Waals surface area contributed by atoms with Gasteiger partial charge in [-0.3, -0.25) is 9.78 Å². The molecule has 0 saturated heterocycles. The maximum atomic E-state index is 10.6. The first-order chi connectivity index (χ1) is 9.77. The lowest BCUT2D eigenvalue weighted by Gasteiger charge is -2.00. The molecule has 0 aliphatic carbocycles. The molecular formula is C17H28BrNO. The van der Waals surface area contributed by atoms with E-state index in [4.69, 9.17) is 0 Å². The summed E-state index contributed by atoms with van der Waals surface area (Å²) in [6.07, 6.45) is 16.0. The standard InChI is InChI=1S/C12H23BrO.C5H5N/c1-2-3-4-5-6-7-8-9-10-11-12(13)14;1-2-4-6-5-3-1/h2-11H2,1H3;1-5H. The van der Waals surface area contributed by atoms with E-state index >= 15 is 0 Å². The van der Waals surface area contributed by atoms with Crippen molar-refractivity contribution >= 4 is 20.6 Å². The van der Waals surface area contributed by atoms with E-state index in [1.807, 2.05) is 18.2 Å². The van der Waals surface area contributed by atoms with Crippen LogP contribution in [0.3, 0.4) is 0 Å². The van der Waals surface area contributed by atoms with Gasteiger partial charge in [0.2, 0.25) is 0 Å². The molecule has 0 unspecified atom stereocenters. The smallest absolute Gasteiger partial charge is 0.197 e. The van der Waals surface area contributed by atoms with Crippen molar-refractivity contribution < 1.29 is 4.79 Å². The Morgan fingerprint density at radius 3 is 1.70 bits per heavy atom. The molecule has 0 bridgehead atoms. The van der Waals surface area contributed by atoms with Gasteiger partial charge in [-0.15, -0.1) is 0 Å². The first-order valence-electron chi connectivity index (χ1n) is 7.80. The van der Waals surface area contributed by atoms with E-state index in [9.17, 15) is 4.79 Å². The first kappa shape index (κ1) is 19.3. The third-order valence-corrected chi connectivity index (χ3v) is 3.44. The third kappa shape index (κ3) is 17.3. The molecule has 114 valence electrons. The van der Waals surface area contributed by atoms with Gasteiger partial charge in [-0.1, -0.05) is 64.4 Å². The maximum Gasteiger partial charge on any atom is 0.197 e. The van der Waals surface area contributed by atoms with E-state index in [0.717, 1.165) is 6.42 Å². The molecule has 20 heavy (non-hydrogen) atoms. The van der Waals surface area contributed by atoms with Crippen molar-refractivity contribution in [3.63, 3.8) is 0 Å². The Bertz CT molecular complexity index is 276. The van der Waals surface area contributed by atoms with Crippen LogP contribution in [0.2, 0.25) is 0 Å². The van der Waals surface area contributed by atoms with Crippen LogP contribution in [0.25, 0.3) is 0 Å². The largest absolute Gasteiger partial charge is 0.287 e. The Balaban J connectivity index is 0.000000493. The van der Waals surface area contributed by atoms with Gasteiger partial charge in [-0.25, -0.2) is 0 Å². The first-order valence-corrected chi connectivity index (χ1v) is 8.60. The number of pyridine rings is 1. The highest BCUT2D eigenvalue weighted by atomic mass is 79.9. The lowest BCUT2D eigenvalue weighted by atomic mass is 10.1. The molecule has 1 rings (SSSR count). The van der Waals surface area contributed by atoms with E-state index in [0.29, 0.717) is 6.42 Å². The molecule has 2 nitrogen and oxygen atoms in total. The van der Waals surface area contributed by atoms with E-state index in [1.165, 1.54) is 51.4 Å². The zero-order valence-corrected chi connectivity index (χ0v) is 14.3. The molecule has 0 atom stereocenters. The Labute approximate surface area is 132 Å². The van der Waals surface area contributed by atoms with E-state index in [2.05, 4.69) is 27.8 Å². The summed E-state index contributed by atoms with van der Waals surface area (Å²) < 4.78 is 0.153. The van der Waals surface area contributed by atoms with Crippen LogP contribution in [0.1, 0.15) is 71.1 Å². The molecule has 0 fully saturated rings. The lowest BCUT2D eigenvalue weighted by Crippen LogP contribution is -1.86. The number of hydrogen-bond acceptors (Lipinski definition) is 2. The molecule has 0 amide bonds. The minimum atomic E-state index is 0.153.